The van der Waals surface area contributed by atoms with E-state index in [4.69, 9.17) is 5.11 Å². The molecule has 4 heteroatoms. The fourth-order valence-corrected chi connectivity index (χ4v) is 2.62. The lowest BCUT2D eigenvalue weighted by Crippen LogP contribution is -2.37. The number of aryl methyl sites for hydroxylation is 1. The maximum atomic E-state index is 10.9. The summed E-state index contributed by atoms with van der Waals surface area (Å²) in [6, 6.07) is 0. The second kappa shape index (κ2) is 8.23. The maximum Gasteiger partial charge on any atom is 0.412 e. The van der Waals surface area contributed by atoms with Crippen LogP contribution >= 0.6 is 11.3 Å². The van der Waals surface area contributed by atoms with Gasteiger partial charge in [-0.1, -0.05) is 50.4 Å². The van der Waals surface area contributed by atoms with Gasteiger partial charge in [0.1, 0.15) is 6.54 Å². The van der Waals surface area contributed by atoms with Crippen LogP contribution < -0.4 is 4.57 Å². The molecule has 0 amide bonds. The van der Waals surface area contributed by atoms with Crippen LogP contribution in [0.2, 0.25) is 0 Å². The van der Waals surface area contributed by atoms with Gasteiger partial charge in [-0.25, -0.2) is 4.79 Å². The molecule has 1 rings (SSSR count). The molecule has 0 aromatic carbocycles. The monoisotopic (exact) mass is 256 g/mol. The summed E-state index contributed by atoms with van der Waals surface area (Å²) in [5, 5.41) is 11.2. The average molecular weight is 256 g/mol. The molecule has 0 saturated carbocycles. The number of rotatable bonds is 9. The number of aromatic carboxylic acids is 1. The Morgan fingerprint density at radius 2 is 1.88 bits per heavy atom. The lowest BCUT2D eigenvalue weighted by molar-refractivity contribution is -0.694. The van der Waals surface area contributed by atoms with E-state index in [0.29, 0.717) is 5.01 Å². The molecule has 0 aliphatic carbocycles. The van der Waals surface area contributed by atoms with Crippen molar-refractivity contribution in [1.82, 2.24) is 0 Å². The van der Waals surface area contributed by atoms with E-state index in [9.17, 15) is 4.79 Å². The highest BCUT2D eigenvalue weighted by molar-refractivity contribution is 7.11. The molecule has 3 nitrogen and oxygen atoms in total. The summed E-state index contributed by atoms with van der Waals surface area (Å²) in [6.07, 6.45) is 10.7. The van der Waals surface area contributed by atoms with Crippen LogP contribution in [0.3, 0.4) is 0 Å². The third-order valence-corrected chi connectivity index (χ3v) is 3.76. The van der Waals surface area contributed by atoms with E-state index in [1.165, 1.54) is 49.9 Å². The molecule has 0 aliphatic rings. The number of hydrogen-bond donors (Lipinski definition) is 1. The first-order chi connectivity index (χ1) is 8.25. The lowest BCUT2D eigenvalue weighted by Gasteiger charge is -1.99. The van der Waals surface area contributed by atoms with E-state index in [0.717, 1.165) is 13.0 Å². The van der Waals surface area contributed by atoms with Crippen molar-refractivity contribution in [2.75, 3.05) is 0 Å². The topological polar surface area (TPSA) is 41.2 Å². The minimum absolute atomic E-state index is 0.441. The predicted molar refractivity (Wildman–Crippen MR) is 69.5 cm³/mol. The van der Waals surface area contributed by atoms with Gasteiger partial charge < -0.3 is 5.11 Å². The van der Waals surface area contributed by atoms with Crippen LogP contribution in [0.25, 0.3) is 0 Å². The SMILES string of the molecule is CCCCCCCCC[n+]1ccsc1C(=O)O. The molecule has 0 spiro atoms. The van der Waals surface area contributed by atoms with Gasteiger partial charge in [0.15, 0.2) is 6.20 Å². The molecule has 1 aromatic rings. The van der Waals surface area contributed by atoms with Gasteiger partial charge in [-0.05, 0) is 6.42 Å². The molecular weight excluding hydrogens is 234 g/mol. The van der Waals surface area contributed by atoms with E-state index in [-0.39, 0.29) is 0 Å². The van der Waals surface area contributed by atoms with Gasteiger partial charge in [-0.2, -0.15) is 4.57 Å². The predicted octanol–water partition coefficient (Wildman–Crippen LogP) is 3.48. The Morgan fingerprint density at radius 3 is 2.53 bits per heavy atom. The first kappa shape index (κ1) is 14.2. The minimum atomic E-state index is -0.817. The molecule has 0 fully saturated rings. The number of unbranched alkanes of at least 4 members (excludes halogenated alkanes) is 6. The quantitative estimate of drug-likeness (QED) is 0.543. The van der Waals surface area contributed by atoms with Crippen molar-refractivity contribution in [3.8, 4) is 0 Å². The molecular formula is C13H22NO2S+. The van der Waals surface area contributed by atoms with E-state index >= 15 is 0 Å². The highest BCUT2D eigenvalue weighted by Gasteiger charge is 2.19. The molecule has 0 radical (unpaired) electrons. The normalized spacial score (nSPS) is 10.6. The molecule has 1 N–H and O–H groups in total. The number of aromatic nitrogens is 1. The summed E-state index contributed by atoms with van der Waals surface area (Å²) < 4.78 is 1.85. The Hall–Kier alpha value is -0.900. The van der Waals surface area contributed by atoms with Crippen LogP contribution in [0.1, 0.15) is 61.7 Å². The van der Waals surface area contributed by atoms with Crippen molar-refractivity contribution in [1.29, 1.82) is 0 Å². The Kier molecular flexibility index (Phi) is 6.86. The van der Waals surface area contributed by atoms with Gasteiger partial charge in [-0.15, -0.1) is 0 Å². The number of carbonyl (C=O) groups is 1. The summed E-state index contributed by atoms with van der Waals surface area (Å²) in [4.78, 5) is 10.9. The molecule has 0 unspecified atom stereocenters. The van der Waals surface area contributed by atoms with Crippen molar-refractivity contribution in [3.63, 3.8) is 0 Å². The number of thiazole rings is 1. The number of carboxylic acids is 1. The van der Waals surface area contributed by atoms with Gasteiger partial charge in [0.2, 0.25) is 0 Å². The summed E-state index contributed by atoms with van der Waals surface area (Å²) in [6.45, 7) is 3.06. The molecule has 0 aliphatic heterocycles. The Balaban J connectivity index is 2.14. The molecule has 0 saturated heterocycles. The van der Waals surface area contributed by atoms with Crippen LogP contribution in [-0.2, 0) is 6.54 Å². The lowest BCUT2D eigenvalue weighted by atomic mass is 10.1. The fourth-order valence-electron chi connectivity index (χ4n) is 1.89. The van der Waals surface area contributed by atoms with E-state index < -0.39 is 5.97 Å². The Bertz CT molecular complexity index is 336. The molecule has 1 heterocycles. The molecule has 1 aromatic heterocycles. The average Bonchev–Trinajstić information content (AvgIpc) is 2.76. The largest absolute Gasteiger partial charge is 0.473 e. The smallest absolute Gasteiger partial charge is 0.412 e. The Morgan fingerprint density at radius 1 is 1.24 bits per heavy atom. The van der Waals surface area contributed by atoms with Crippen LogP contribution in [0.5, 0.6) is 0 Å². The third-order valence-electron chi connectivity index (χ3n) is 2.87. The molecule has 0 bridgehead atoms. The zero-order valence-electron chi connectivity index (χ0n) is 10.5. The first-order valence-electron chi connectivity index (χ1n) is 6.46. The summed E-state index contributed by atoms with van der Waals surface area (Å²) >= 11 is 1.30. The zero-order chi connectivity index (χ0) is 12.5. The number of carboxylic acid groups (broad SMARTS) is 1. The van der Waals surface area contributed by atoms with Gasteiger partial charge in [0.25, 0.3) is 0 Å². The highest BCUT2D eigenvalue weighted by atomic mass is 32.1. The zero-order valence-corrected chi connectivity index (χ0v) is 11.3. The van der Waals surface area contributed by atoms with Crippen LogP contribution in [0.15, 0.2) is 11.6 Å². The van der Waals surface area contributed by atoms with Crippen molar-refractivity contribution in [2.24, 2.45) is 0 Å². The standard InChI is InChI=1S/C13H21NO2S/c1-2-3-4-5-6-7-8-9-14-10-11-17-12(14)13(15)16/h10-11H,2-9H2,1H3/p+1. The van der Waals surface area contributed by atoms with Crippen molar-refractivity contribution >= 4 is 17.3 Å². The number of nitrogens with zero attached hydrogens (tertiary/aromatic N) is 1. The van der Waals surface area contributed by atoms with Crippen LogP contribution in [-0.4, -0.2) is 11.1 Å². The van der Waals surface area contributed by atoms with Crippen molar-refractivity contribution in [3.05, 3.63) is 16.6 Å². The van der Waals surface area contributed by atoms with Crippen molar-refractivity contribution in [2.45, 2.75) is 58.4 Å². The summed E-state index contributed by atoms with van der Waals surface area (Å²) in [7, 11) is 0. The van der Waals surface area contributed by atoms with Gasteiger partial charge in [-0.3, -0.25) is 0 Å². The maximum absolute atomic E-state index is 10.9. The second-order valence-corrected chi connectivity index (χ2v) is 5.22. The van der Waals surface area contributed by atoms with Gasteiger partial charge >= 0.3 is 11.0 Å². The minimum Gasteiger partial charge on any atom is -0.473 e. The Labute approximate surface area is 107 Å². The highest BCUT2D eigenvalue weighted by Crippen LogP contribution is 2.08. The third kappa shape index (κ3) is 5.31. The van der Waals surface area contributed by atoms with Crippen LogP contribution in [0, 0.1) is 0 Å². The molecule has 0 atom stereocenters. The van der Waals surface area contributed by atoms with E-state index in [1.807, 2.05) is 16.1 Å². The fraction of sp³-hybridized carbons (Fsp3) is 0.692. The van der Waals surface area contributed by atoms with Gasteiger partial charge in [0, 0.05) is 6.42 Å². The number of hydrogen-bond acceptors (Lipinski definition) is 2. The molecule has 17 heavy (non-hydrogen) atoms. The van der Waals surface area contributed by atoms with E-state index in [1.54, 1.807) is 0 Å². The first-order valence-corrected chi connectivity index (χ1v) is 7.34. The van der Waals surface area contributed by atoms with Gasteiger partial charge in [0.05, 0.1) is 5.38 Å². The summed E-state index contributed by atoms with van der Waals surface area (Å²) in [5.74, 6) is -0.817. The van der Waals surface area contributed by atoms with E-state index in [2.05, 4.69) is 6.92 Å². The summed E-state index contributed by atoms with van der Waals surface area (Å²) in [5.41, 5.74) is 0. The van der Waals surface area contributed by atoms with Crippen molar-refractivity contribution < 1.29 is 14.5 Å². The second-order valence-electron chi connectivity index (χ2n) is 4.33. The van der Waals surface area contributed by atoms with Crippen LogP contribution in [0.4, 0.5) is 0 Å². The molecule has 96 valence electrons.